The van der Waals surface area contributed by atoms with Crippen LogP contribution >= 0.6 is 0 Å². The topological polar surface area (TPSA) is 29.4 Å². The van der Waals surface area contributed by atoms with Gasteiger partial charge >= 0.3 is 0 Å². The fraction of sp³-hybridized carbons (Fsp3) is 0.100. The molecule has 0 amide bonds. The summed E-state index contributed by atoms with van der Waals surface area (Å²) in [5.74, 6) is 0. The maximum absolute atomic E-state index is 9.80. The number of hydrogen-bond acceptors (Lipinski definition) is 2. The van der Waals surface area contributed by atoms with Crippen LogP contribution in [0, 0.1) is 0 Å². The van der Waals surface area contributed by atoms with Crippen LogP contribution in [0.25, 0.3) is 5.57 Å². The highest BCUT2D eigenvalue weighted by atomic mass is 16.1. The minimum atomic E-state index is 0.957. The molecular formula is C10H9NO. The molecule has 2 nitrogen and oxygen atoms in total. The van der Waals surface area contributed by atoms with E-state index in [2.05, 4.69) is 4.99 Å². The third-order valence-electron chi connectivity index (χ3n) is 1.54. The summed E-state index contributed by atoms with van der Waals surface area (Å²) in [6.07, 6.45) is 2.97. The largest absolute Gasteiger partial charge is 0.239 e. The Morgan fingerprint density at radius 1 is 1.42 bits per heavy atom. The second kappa shape index (κ2) is 4.27. The fourth-order valence-corrected chi connectivity index (χ4v) is 0.899. The van der Waals surface area contributed by atoms with Crippen molar-refractivity contribution in [3.63, 3.8) is 0 Å². The van der Waals surface area contributed by atoms with Crippen LogP contribution in [0.15, 0.2) is 41.5 Å². The van der Waals surface area contributed by atoms with E-state index < -0.39 is 0 Å². The van der Waals surface area contributed by atoms with Crippen LogP contribution < -0.4 is 0 Å². The Kier molecular flexibility index (Phi) is 3.00. The normalized spacial score (nSPS) is 10.6. The molecule has 0 saturated heterocycles. The summed E-state index contributed by atoms with van der Waals surface area (Å²) < 4.78 is 0. The highest BCUT2D eigenvalue weighted by Crippen LogP contribution is 2.11. The number of benzene rings is 1. The Labute approximate surface area is 71.3 Å². The molecule has 0 atom stereocenters. The number of isocyanates is 1. The predicted octanol–water partition coefficient (Wildman–Crippen LogP) is 2.38. The third-order valence-corrected chi connectivity index (χ3v) is 1.54. The Morgan fingerprint density at radius 2 is 2.08 bits per heavy atom. The first-order valence-corrected chi connectivity index (χ1v) is 3.64. The first-order chi connectivity index (χ1) is 5.84. The van der Waals surface area contributed by atoms with E-state index in [0.717, 1.165) is 11.1 Å². The van der Waals surface area contributed by atoms with E-state index >= 15 is 0 Å². The smallest absolute Gasteiger partial charge is 0.211 e. The van der Waals surface area contributed by atoms with Crippen LogP contribution in [0.4, 0.5) is 0 Å². The number of allylic oxidation sites excluding steroid dienone is 1. The van der Waals surface area contributed by atoms with Crippen molar-refractivity contribution in [1.82, 2.24) is 0 Å². The fourth-order valence-electron chi connectivity index (χ4n) is 0.899. The minimum absolute atomic E-state index is 0.957. The van der Waals surface area contributed by atoms with E-state index in [1.54, 1.807) is 0 Å². The van der Waals surface area contributed by atoms with Crippen molar-refractivity contribution in [2.75, 3.05) is 0 Å². The highest BCUT2D eigenvalue weighted by Gasteiger charge is 1.90. The predicted molar refractivity (Wildman–Crippen MR) is 48.2 cm³/mol. The van der Waals surface area contributed by atoms with Gasteiger partial charge in [-0.2, -0.15) is 4.99 Å². The lowest BCUT2D eigenvalue weighted by atomic mass is 10.1. The van der Waals surface area contributed by atoms with Gasteiger partial charge in [0.25, 0.3) is 0 Å². The lowest BCUT2D eigenvalue weighted by molar-refractivity contribution is 0.565. The zero-order valence-electron chi connectivity index (χ0n) is 6.82. The Balaban J connectivity index is 2.92. The highest BCUT2D eigenvalue weighted by molar-refractivity contribution is 5.63. The standard InChI is InChI=1S/C10H9NO/c1-9(7-11-8-12)10-5-3-2-4-6-10/h2-7H,1H3. The van der Waals surface area contributed by atoms with E-state index in [9.17, 15) is 4.79 Å². The molecule has 12 heavy (non-hydrogen) atoms. The number of carbonyl (C=O) groups excluding carboxylic acids is 1. The van der Waals surface area contributed by atoms with E-state index in [1.165, 1.54) is 12.3 Å². The summed E-state index contributed by atoms with van der Waals surface area (Å²) in [4.78, 5) is 13.2. The van der Waals surface area contributed by atoms with Crippen LogP contribution in [-0.2, 0) is 4.79 Å². The molecule has 1 aromatic rings. The van der Waals surface area contributed by atoms with Crippen molar-refractivity contribution < 1.29 is 4.79 Å². The van der Waals surface area contributed by atoms with Crippen LogP contribution in [0.1, 0.15) is 12.5 Å². The molecule has 0 unspecified atom stereocenters. The summed E-state index contributed by atoms with van der Waals surface area (Å²) in [5.41, 5.74) is 2.02. The molecule has 0 fully saturated rings. The first-order valence-electron chi connectivity index (χ1n) is 3.64. The van der Waals surface area contributed by atoms with Gasteiger partial charge in [-0.1, -0.05) is 30.3 Å². The molecule has 0 heterocycles. The molecule has 2 heteroatoms. The average Bonchev–Trinajstić information content (AvgIpc) is 2.15. The van der Waals surface area contributed by atoms with E-state index in [-0.39, 0.29) is 0 Å². The van der Waals surface area contributed by atoms with Crippen molar-refractivity contribution in [2.45, 2.75) is 6.92 Å². The van der Waals surface area contributed by atoms with Gasteiger partial charge in [0.15, 0.2) is 0 Å². The Hall–Kier alpha value is -1.66. The molecule has 0 aliphatic rings. The van der Waals surface area contributed by atoms with Gasteiger partial charge < -0.3 is 0 Å². The molecule has 0 aliphatic heterocycles. The van der Waals surface area contributed by atoms with Gasteiger partial charge in [-0.25, -0.2) is 4.79 Å². The second-order valence-electron chi connectivity index (χ2n) is 2.40. The first kappa shape index (κ1) is 8.44. The molecule has 0 bridgehead atoms. The van der Waals surface area contributed by atoms with E-state index in [1.807, 2.05) is 37.3 Å². The second-order valence-corrected chi connectivity index (χ2v) is 2.40. The maximum atomic E-state index is 9.80. The molecule has 1 rings (SSSR count). The number of rotatable bonds is 2. The van der Waals surface area contributed by atoms with Gasteiger partial charge in [-0.05, 0) is 18.1 Å². The van der Waals surface area contributed by atoms with Gasteiger partial charge in [0.05, 0.1) is 0 Å². The van der Waals surface area contributed by atoms with Crippen LogP contribution in [0.3, 0.4) is 0 Å². The van der Waals surface area contributed by atoms with Crippen LogP contribution in [-0.4, -0.2) is 6.08 Å². The van der Waals surface area contributed by atoms with Gasteiger partial charge in [0, 0.05) is 6.20 Å². The van der Waals surface area contributed by atoms with E-state index in [0.29, 0.717) is 0 Å². The molecule has 60 valence electrons. The van der Waals surface area contributed by atoms with Gasteiger partial charge in [0.2, 0.25) is 6.08 Å². The van der Waals surface area contributed by atoms with Crippen molar-refractivity contribution in [3.8, 4) is 0 Å². The lowest BCUT2D eigenvalue weighted by Gasteiger charge is -1.96. The molecule has 1 aromatic carbocycles. The minimum Gasteiger partial charge on any atom is -0.211 e. The van der Waals surface area contributed by atoms with Crippen molar-refractivity contribution >= 4 is 11.7 Å². The summed E-state index contributed by atoms with van der Waals surface area (Å²) in [7, 11) is 0. The molecule has 0 aliphatic carbocycles. The summed E-state index contributed by atoms with van der Waals surface area (Å²) in [6.45, 7) is 1.90. The lowest BCUT2D eigenvalue weighted by Crippen LogP contribution is -1.75. The molecule has 0 aromatic heterocycles. The summed E-state index contributed by atoms with van der Waals surface area (Å²) >= 11 is 0. The van der Waals surface area contributed by atoms with E-state index in [4.69, 9.17) is 0 Å². The average molecular weight is 159 g/mol. The molecule has 0 radical (unpaired) electrons. The maximum Gasteiger partial charge on any atom is 0.239 e. The molecule has 0 saturated carbocycles. The number of hydrogen-bond donors (Lipinski definition) is 0. The summed E-state index contributed by atoms with van der Waals surface area (Å²) in [6, 6.07) is 9.76. The van der Waals surface area contributed by atoms with Gasteiger partial charge in [-0.3, -0.25) is 0 Å². The van der Waals surface area contributed by atoms with Gasteiger partial charge in [-0.15, -0.1) is 0 Å². The molecule has 0 N–H and O–H groups in total. The summed E-state index contributed by atoms with van der Waals surface area (Å²) in [5, 5.41) is 0. The quantitative estimate of drug-likeness (QED) is 0.481. The van der Waals surface area contributed by atoms with Crippen molar-refractivity contribution in [2.24, 2.45) is 4.99 Å². The number of nitrogens with zero attached hydrogens (tertiary/aromatic N) is 1. The number of aliphatic imine (C=N–C) groups is 1. The molecule has 0 spiro atoms. The van der Waals surface area contributed by atoms with Crippen molar-refractivity contribution in [1.29, 1.82) is 0 Å². The molecular weight excluding hydrogens is 150 g/mol. The Morgan fingerprint density at radius 3 is 2.67 bits per heavy atom. The van der Waals surface area contributed by atoms with Crippen molar-refractivity contribution in [3.05, 3.63) is 42.1 Å². The Bertz CT molecular complexity index is 321. The SMILES string of the molecule is CC(=CN=C=O)c1ccccc1. The van der Waals surface area contributed by atoms with Gasteiger partial charge in [0.1, 0.15) is 0 Å². The van der Waals surface area contributed by atoms with Crippen LogP contribution in [0.2, 0.25) is 0 Å². The zero-order chi connectivity index (χ0) is 8.81. The third kappa shape index (κ3) is 2.19. The van der Waals surface area contributed by atoms with Crippen LogP contribution in [0.5, 0.6) is 0 Å². The monoisotopic (exact) mass is 159 g/mol. The zero-order valence-corrected chi connectivity index (χ0v) is 6.82.